The number of benzene rings is 1. The van der Waals surface area contributed by atoms with E-state index in [1.807, 2.05) is 0 Å². The molecule has 1 aliphatic rings. The summed E-state index contributed by atoms with van der Waals surface area (Å²) in [7, 11) is 0. The molecule has 0 saturated carbocycles. The first-order chi connectivity index (χ1) is 13.7. The van der Waals surface area contributed by atoms with E-state index in [1.54, 1.807) is 35.6 Å². The number of carbonyl (C=O) groups is 1. The topological polar surface area (TPSA) is 94.2 Å². The number of carbonyl (C=O) groups excluding carboxylic acids is 1. The number of likely N-dealkylation sites (tertiary alicyclic amines) is 1. The number of hydrogen-bond donors (Lipinski definition) is 0. The maximum Gasteiger partial charge on any atom is 0.278 e. The maximum absolute atomic E-state index is 13.6. The highest BCUT2D eigenvalue weighted by atomic mass is 19.1. The molecule has 0 atom stereocenters. The highest BCUT2D eigenvalue weighted by Crippen LogP contribution is 2.27. The van der Waals surface area contributed by atoms with Crippen LogP contribution in [0.5, 0.6) is 5.75 Å². The number of para-hydroxylation sites is 1. The standard InChI is InChI=1S/C19H18FN5O3/c20-14-3-1-2-4-16(14)27-12-17(26)25-9-5-13(6-10-25)18-23-19(28-24-18)15-11-21-7-8-22-15/h1-4,7-8,11,13H,5-6,9-10,12H2. The Labute approximate surface area is 160 Å². The molecule has 0 N–H and O–H groups in total. The summed E-state index contributed by atoms with van der Waals surface area (Å²) in [6, 6.07) is 6.03. The van der Waals surface area contributed by atoms with Crippen LogP contribution in [-0.2, 0) is 4.79 Å². The second-order valence-electron chi connectivity index (χ2n) is 6.42. The van der Waals surface area contributed by atoms with Crippen molar-refractivity contribution in [2.24, 2.45) is 0 Å². The molecule has 0 radical (unpaired) electrons. The van der Waals surface area contributed by atoms with Crippen LogP contribution in [0, 0.1) is 5.82 Å². The molecule has 1 aromatic carbocycles. The zero-order chi connectivity index (χ0) is 19.3. The zero-order valence-corrected chi connectivity index (χ0v) is 15.0. The normalized spacial score (nSPS) is 14.8. The minimum Gasteiger partial charge on any atom is -0.481 e. The van der Waals surface area contributed by atoms with Gasteiger partial charge in [0.1, 0.15) is 5.69 Å². The van der Waals surface area contributed by atoms with Gasteiger partial charge in [0, 0.05) is 31.4 Å². The van der Waals surface area contributed by atoms with Crippen LogP contribution >= 0.6 is 0 Å². The third kappa shape index (κ3) is 3.98. The number of nitrogens with zero attached hydrogens (tertiary/aromatic N) is 5. The van der Waals surface area contributed by atoms with Crippen molar-refractivity contribution in [3.8, 4) is 17.3 Å². The van der Waals surface area contributed by atoms with E-state index in [1.165, 1.54) is 12.1 Å². The number of aromatic nitrogens is 4. The number of hydrogen-bond acceptors (Lipinski definition) is 7. The highest BCUT2D eigenvalue weighted by Gasteiger charge is 2.27. The molecule has 9 heteroatoms. The fourth-order valence-electron chi connectivity index (χ4n) is 3.09. The lowest BCUT2D eigenvalue weighted by Crippen LogP contribution is -2.40. The second-order valence-corrected chi connectivity index (χ2v) is 6.42. The number of piperidine rings is 1. The Hall–Kier alpha value is -3.36. The monoisotopic (exact) mass is 383 g/mol. The van der Waals surface area contributed by atoms with Gasteiger partial charge in [-0.3, -0.25) is 9.78 Å². The quantitative estimate of drug-likeness (QED) is 0.668. The minimum absolute atomic E-state index is 0.0778. The van der Waals surface area contributed by atoms with E-state index >= 15 is 0 Å². The summed E-state index contributed by atoms with van der Waals surface area (Å²) in [6.45, 7) is 0.920. The van der Waals surface area contributed by atoms with Crippen LogP contribution in [0.2, 0.25) is 0 Å². The first kappa shape index (κ1) is 18.0. The van der Waals surface area contributed by atoms with E-state index in [-0.39, 0.29) is 24.2 Å². The molecule has 144 valence electrons. The highest BCUT2D eigenvalue weighted by molar-refractivity contribution is 5.77. The van der Waals surface area contributed by atoms with Gasteiger partial charge in [-0.05, 0) is 25.0 Å². The molecule has 0 unspecified atom stereocenters. The molecule has 3 heterocycles. The van der Waals surface area contributed by atoms with Crippen molar-refractivity contribution in [2.75, 3.05) is 19.7 Å². The lowest BCUT2D eigenvalue weighted by atomic mass is 9.96. The second kappa shape index (κ2) is 8.12. The lowest BCUT2D eigenvalue weighted by molar-refractivity contribution is -0.134. The molecular formula is C19H18FN5O3. The molecule has 28 heavy (non-hydrogen) atoms. The Morgan fingerprint density at radius 2 is 2.07 bits per heavy atom. The lowest BCUT2D eigenvalue weighted by Gasteiger charge is -2.30. The van der Waals surface area contributed by atoms with Crippen molar-refractivity contribution in [3.05, 3.63) is 54.5 Å². The van der Waals surface area contributed by atoms with Crippen molar-refractivity contribution in [1.29, 1.82) is 0 Å². The Kier molecular flexibility index (Phi) is 5.22. The third-order valence-electron chi connectivity index (χ3n) is 4.62. The van der Waals surface area contributed by atoms with E-state index in [2.05, 4.69) is 20.1 Å². The average Bonchev–Trinajstić information content (AvgIpc) is 3.24. The molecule has 0 bridgehead atoms. The van der Waals surface area contributed by atoms with Crippen LogP contribution in [0.3, 0.4) is 0 Å². The smallest absolute Gasteiger partial charge is 0.278 e. The summed E-state index contributed by atoms with van der Waals surface area (Å²) in [5, 5.41) is 4.05. The predicted octanol–water partition coefficient (Wildman–Crippen LogP) is 2.45. The van der Waals surface area contributed by atoms with Crippen molar-refractivity contribution in [3.63, 3.8) is 0 Å². The van der Waals surface area contributed by atoms with Gasteiger partial charge >= 0.3 is 0 Å². The van der Waals surface area contributed by atoms with Crippen molar-refractivity contribution in [1.82, 2.24) is 25.0 Å². The van der Waals surface area contributed by atoms with Crippen LogP contribution in [0.25, 0.3) is 11.6 Å². The zero-order valence-electron chi connectivity index (χ0n) is 15.0. The van der Waals surface area contributed by atoms with Gasteiger partial charge in [0.2, 0.25) is 0 Å². The molecule has 4 rings (SSSR count). The van der Waals surface area contributed by atoms with Gasteiger partial charge < -0.3 is 14.2 Å². The van der Waals surface area contributed by atoms with Crippen LogP contribution in [-0.4, -0.2) is 50.6 Å². The number of halogens is 1. The molecule has 3 aromatic rings. The van der Waals surface area contributed by atoms with E-state index in [0.29, 0.717) is 43.3 Å². The Balaban J connectivity index is 1.30. The average molecular weight is 383 g/mol. The number of ether oxygens (including phenoxy) is 1. The van der Waals surface area contributed by atoms with Crippen LogP contribution in [0.4, 0.5) is 4.39 Å². The summed E-state index contributed by atoms with van der Waals surface area (Å²) in [5.41, 5.74) is 0.527. The van der Waals surface area contributed by atoms with Crippen molar-refractivity contribution < 1.29 is 18.4 Å². The summed E-state index contributed by atoms with van der Waals surface area (Å²) in [6.07, 6.45) is 6.12. The number of amides is 1. The van der Waals surface area contributed by atoms with Gasteiger partial charge in [0.25, 0.3) is 11.8 Å². The molecule has 2 aromatic heterocycles. The van der Waals surface area contributed by atoms with Gasteiger partial charge in [0.05, 0.1) is 6.20 Å². The summed E-state index contributed by atoms with van der Waals surface area (Å²) in [5.74, 6) is 0.468. The predicted molar refractivity (Wildman–Crippen MR) is 95.8 cm³/mol. The molecule has 1 aliphatic heterocycles. The molecule has 0 spiro atoms. The van der Waals surface area contributed by atoms with E-state index in [4.69, 9.17) is 9.26 Å². The molecular weight excluding hydrogens is 365 g/mol. The first-order valence-electron chi connectivity index (χ1n) is 8.96. The van der Waals surface area contributed by atoms with Crippen molar-refractivity contribution in [2.45, 2.75) is 18.8 Å². The molecule has 1 saturated heterocycles. The van der Waals surface area contributed by atoms with Crippen LogP contribution in [0.1, 0.15) is 24.6 Å². The molecule has 8 nitrogen and oxygen atoms in total. The Morgan fingerprint density at radius 1 is 1.25 bits per heavy atom. The van der Waals surface area contributed by atoms with E-state index in [9.17, 15) is 9.18 Å². The SMILES string of the molecule is O=C(COc1ccccc1F)N1CCC(c2noc(-c3cnccn3)n2)CC1. The number of rotatable bonds is 5. The van der Waals surface area contributed by atoms with Gasteiger partial charge in [0.15, 0.2) is 24.0 Å². The molecule has 0 aliphatic carbocycles. The molecule has 1 amide bonds. The Bertz CT molecular complexity index is 942. The van der Waals surface area contributed by atoms with Gasteiger partial charge in [-0.2, -0.15) is 4.98 Å². The maximum atomic E-state index is 13.6. The van der Waals surface area contributed by atoms with Gasteiger partial charge in [-0.15, -0.1) is 0 Å². The summed E-state index contributed by atoms with van der Waals surface area (Å²) in [4.78, 5) is 26.6. The van der Waals surface area contributed by atoms with E-state index < -0.39 is 5.82 Å². The van der Waals surface area contributed by atoms with Crippen LogP contribution < -0.4 is 4.74 Å². The van der Waals surface area contributed by atoms with Gasteiger partial charge in [-0.1, -0.05) is 17.3 Å². The fraction of sp³-hybridized carbons (Fsp3) is 0.316. The van der Waals surface area contributed by atoms with E-state index in [0.717, 1.165) is 0 Å². The van der Waals surface area contributed by atoms with Crippen LogP contribution in [0.15, 0.2) is 47.4 Å². The minimum atomic E-state index is -0.481. The fourth-order valence-corrected chi connectivity index (χ4v) is 3.09. The largest absolute Gasteiger partial charge is 0.481 e. The Morgan fingerprint density at radius 3 is 2.82 bits per heavy atom. The molecule has 1 fully saturated rings. The first-order valence-corrected chi connectivity index (χ1v) is 8.96. The summed E-state index contributed by atoms with van der Waals surface area (Å²) < 4.78 is 24.1. The summed E-state index contributed by atoms with van der Waals surface area (Å²) >= 11 is 0. The van der Waals surface area contributed by atoms with Gasteiger partial charge in [-0.25, -0.2) is 9.37 Å². The van der Waals surface area contributed by atoms with Crippen molar-refractivity contribution >= 4 is 5.91 Å². The third-order valence-corrected chi connectivity index (χ3v) is 4.62.